The Morgan fingerprint density at radius 1 is 1.20 bits per heavy atom. The van der Waals surface area contributed by atoms with E-state index in [1.54, 1.807) is 17.4 Å². The molecule has 1 N–H and O–H groups in total. The van der Waals surface area contributed by atoms with Gasteiger partial charge in [-0.25, -0.2) is 9.78 Å². The van der Waals surface area contributed by atoms with Gasteiger partial charge in [-0.15, -0.1) is 11.3 Å². The highest BCUT2D eigenvalue weighted by Crippen LogP contribution is 2.25. The van der Waals surface area contributed by atoms with Crippen LogP contribution in [0.3, 0.4) is 0 Å². The lowest BCUT2D eigenvalue weighted by molar-refractivity contribution is 0.187. The molecule has 3 rings (SSSR count). The van der Waals surface area contributed by atoms with E-state index in [0.29, 0.717) is 12.3 Å². The number of methoxy groups -OCH3 is 1. The molecule has 0 bridgehead atoms. The predicted octanol–water partition coefficient (Wildman–Crippen LogP) is 4.88. The van der Waals surface area contributed by atoms with Crippen molar-refractivity contribution in [3.05, 3.63) is 65.2 Å². The summed E-state index contributed by atoms with van der Waals surface area (Å²) in [6.07, 6.45) is -0.493. The molecule has 3 aromatic rings. The standard InChI is InChI=1S/C19H18N2O3S/c1-13-10-16(8-9-17(13)21-19(22)23-2)24-11-15-12-25-18(20-15)14-6-4-3-5-7-14/h3-10,12H,11H2,1-2H3,(H,21,22). The van der Waals surface area contributed by atoms with Crippen LogP contribution in [0, 0.1) is 6.92 Å². The van der Waals surface area contributed by atoms with Crippen LogP contribution >= 0.6 is 11.3 Å². The van der Waals surface area contributed by atoms with Gasteiger partial charge in [0.2, 0.25) is 0 Å². The number of amides is 1. The summed E-state index contributed by atoms with van der Waals surface area (Å²) in [4.78, 5) is 15.9. The van der Waals surface area contributed by atoms with Gasteiger partial charge in [-0.3, -0.25) is 5.32 Å². The number of anilines is 1. The van der Waals surface area contributed by atoms with E-state index in [1.807, 2.05) is 54.8 Å². The minimum atomic E-state index is -0.493. The molecular formula is C19H18N2O3S. The lowest BCUT2D eigenvalue weighted by Gasteiger charge is -2.10. The summed E-state index contributed by atoms with van der Waals surface area (Å²) in [6, 6.07) is 15.5. The van der Waals surface area contributed by atoms with Gasteiger partial charge < -0.3 is 9.47 Å². The third-order valence-electron chi connectivity index (χ3n) is 3.58. The topological polar surface area (TPSA) is 60.5 Å². The normalized spacial score (nSPS) is 10.3. The number of nitrogens with one attached hydrogen (secondary N) is 1. The van der Waals surface area contributed by atoms with E-state index < -0.39 is 6.09 Å². The maximum Gasteiger partial charge on any atom is 0.411 e. The first-order chi connectivity index (χ1) is 12.2. The highest BCUT2D eigenvalue weighted by atomic mass is 32.1. The lowest BCUT2D eigenvalue weighted by Crippen LogP contribution is -2.11. The van der Waals surface area contributed by atoms with Crippen molar-refractivity contribution in [1.29, 1.82) is 0 Å². The molecule has 5 nitrogen and oxygen atoms in total. The number of carbonyl (C=O) groups is 1. The summed E-state index contributed by atoms with van der Waals surface area (Å²) in [5, 5.41) is 5.64. The van der Waals surface area contributed by atoms with E-state index in [1.165, 1.54) is 7.11 Å². The van der Waals surface area contributed by atoms with E-state index in [4.69, 9.17) is 4.74 Å². The Hall–Kier alpha value is -2.86. The minimum absolute atomic E-state index is 0.395. The van der Waals surface area contributed by atoms with Gasteiger partial charge in [-0.2, -0.15) is 0 Å². The van der Waals surface area contributed by atoms with Crippen LogP contribution in [-0.4, -0.2) is 18.2 Å². The van der Waals surface area contributed by atoms with Gasteiger partial charge in [0.15, 0.2) is 0 Å². The highest BCUT2D eigenvalue weighted by molar-refractivity contribution is 7.13. The second kappa shape index (κ2) is 7.81. The monoisotopic (exact) mass is 354 g/mol. The second-order valence-electron chi connectivity index (χ2n) is 5.39. The van der Waals surface area contributed by atoms with E-state index in [2.05, 4.69) is 15.0 Å². The summed E-state index contributed by atoms with van der Waals surface area (Å²) < 4.78 is 10.4. The second-order valence-corrected chi connectivity index (χ2v) is 6.25. The van der Waals surface area contributed by atoms with Crippen molar-refractivity contribution in [2.24, 2.45) is 0 Å². The van der Waals surface area contributed by atoms with Gasteiger partial charge in [0.25, 0.3) is 0 Å². The molecular weight excluding hydrogens is 336 g/mol. The summed E-state index contributed by atoms with van der Waals surface area (Å²) in [5.41, 5.74) is 3.58. The first kappa shape index (κ1) is 17.0. The van der Waals surface area contributed by atoms with Gasteiger partial charge >= 0.3 is 6.09 Å². The number of hydrogen-bond donors (Lipinski definition) is 1. The van der Waals surface area contributed by atoms with Crippen molar-refractivity contribution in [3.63, 3.8) is 0 Å². The Morgan fingerprint density at radius 2 is 2.00 bits per heavy atom. The third-order valence-corrected chi connectivity index (χ3v) is 4.52. The van der Waals surface area contributed by atoms with Crippen LogP contribution in [0.5, 0.6) is 5.75 Å². The first-order valence-corrected chi connectivity index (χ1v) is 8.62. The Kier molecular flexibility index (Phi) is 5.30. The molecule has 1 heterocycles. The van der Waals surface area contributed by atoms with Crippen LogP contribution in [0.25, 0.3) is 10.6 Å². The molecule has 0 atom stereocenters. The number of thiazole rings is 1. The Labute approximate surface area is 150 Å². The first-order valence-electron chi connectivity index (χ1n) is 7.74. The molecule has 0 unspecified atom stereocenters. The number of benzene rings is 2. The molecule has 25 heavy (non-hydrogen) atoms. The van der Waals surface area contributed by atoms with E-state index in [0.717, 1.165) is 27.6 Å². The Balaban J connectivity index is 1.63. The minimum Gasteiger partial charge on any atom is -0.487 e. The SMILES string of the molecule is COC(=O)Nc1ccc(OCc2csc(-c3ccccc3)n2)cc1C. The Bertz CT molecular complexity index is 862. The maximum atomic E-state index is 11.3. The molecule has 6 heteroatoms. The van der Waals surface area contributed by atoms with Crippen molar-refractivity contribution < 1.29 is 14.3 Å². The average Bonchev–Trinajstić information content (AvgIpc) is 3.11. The van der Waals surface area contributed by atoms with Crippen molar-refractivity contribution >= 4 is 23.1 Å². The molecule has 0 aliphatic heterocycles. The van der Waals surface area contributed by atoms with Gasteiger partial charge in [0.05, 0.1) is 12.8 Å². The summed E-state index contributed by atoms with van der Waals surface area (Å²) in [6.45, 7) is 2.29. The van der Waals surface area contributed by atoms with Crippen LogP contribution < -0.4 is 10.1 Å². The van der Waals surface area contributed by atoms with Crippen molar-refractivity contribution in [2.75, 3.05) is 12.4 Å². The van der Waals surface area contributed by atoms with Gasteiger partial charge in [0, 0.05) is 16.6 Å². The zero-order valence-corrected chi connectivity index (χ0v) is 14.8. The fourth-order valence-corrected chi connectivity index (χ4v) is 3.08. The van der Waals surface area contributed by atoms with E-state index in [9.17, 15) is 4.79 Å². The number of carbonyl (C=O) groups excluding carboxylic acids is 1. The molecule has 2 aromatic carbocycles. The molecule has 0 spiro atoms. The number of aryl methyl sites for hydroxylation is 1. The van der Waals surface area contributed by atoms with Crippen molar-refractivity contribution in [1.82, 2.24) is 4.98 Å². The zero-order chi connectivity index (χ0) is 17.6. The molecule has 0 saturated carbocycles. The fraction of sp³-hybridized carbons (Fsp3) is 0.158. The highest BCUT2D eigenvalue weighted by Gasteiger charge is 2.07. The molecule has 0 radical (unpaired) electrons. The molecule has 0 aliphatic carbocycles. The van der Waals surface area contributed by atoms with Crippen LogP contribution in [0.4, 0.5) is 10.5 Å². The summed E-state index contributed by atoms with van der Waals surface area (Å²) in [7, 11) is 1.33. The number of ether oxygens (including phenoxy) is 2. The largest absolute Gasteiger partial charge is 0.487 e. The average molecular weight is 354 g/mol. The molecule has 1 aromatic heterocycles. The molecule has 0 saturated heterocycles. The molecule has 0 aliphatic rings. The lowest BCUT2D eigenvalue weighted by atomic mass is 10.2. The van der Waals surface area contributed by atoms with Gasteiger partial charge in [0.1, 0.15) is 17.4 Å². The molecule has 128 valence electrons. The number of rotatable bonds is 5. The number of hydrogen-bond acceptors (Lipinski definition) is 5. The van der Waals surface area contributed by atoms with Crippen LogP contribution in [0.1, 0.15) is 11.3 Å². The number of nitrogens with zero attached hydrogens (tertiary/aromatic N) is 1. The molecule has 0 fully saturated rings. The third kappa shape index (κ3) is 4.36. The van der Waals surface area contributed by atoms with E-state index >= 15 is 0 Å². The fourth-order valence-electron chi connectivity index (χ4n) is 2.27. The number of aromatic nitrogens is 1. The van der Waals surface area contributed by atoms with Gasteiger partial charge in [-0.1, -0.05) is 30.3 Å². The maximum absolute atomic E-state index is 11.3. The van der Waals surface area contributed by atoms with Crippen LogP contribution in [0.2, 0.25) is 0 Å². The summed E-state index contributed by atoms with van der Waals surface area (Å²) >= 11 is 1.60. The Morgan fingerprint density at radius 3 is 2.72 bits per heavy atom. The summed E-state index contributed by atoms with van der Waals surface area (Å²) in [5.74, 6) is 0.724. The predicted molar refractivity (Wildman–Crippen MR) is 99.1 cm³/mol. The van der Waals surface area contributed by atoms with Gasteiger partial charge in [-0.05, 0) is 30.7 Å². The van der Waals surface area contributed by atoms with Crippen molar-refractivity contribution in [2.45, 2.75) is 13.5 Å². The van der Waals surface area contributed by atoms with E-state index in [-0.39, 0.29) is 0 Å². The zero-order valence-electron chi connectivity index (χ0n) is 14.0. The smallest absolute Gasteiger partial charge is 0.411 e. The van der Waals surface area contributed by atoms with Crippen LogP contribution in [0.15, 0.2) is 53.9 Å². The molecule has 1 amide bonds. The van der Waals surface area contributed by atoms with Crippen LogP contribution in [-0.2, 0) is 11.3 Å². The quantitative estimate of drug-likeness (QED) is 0.710. The van der Waals surface area contributed by atoms with Crippen molar-refractivity contribution in [3.8, 4) is 16.3 Å².